The number of para-hydroxylation sites is 1. The van der Waals surface area contributed by atoms with E-state index in [1.54, 1.807) is 12.1 Å². The Morgan fingerprint density at radius 3 is 2.46 bits per heavy atom. The average molecular weight is 541 g/mol. The maximum atomic E-state index is 12.7. The largest absolute Gasteiger partial charge is 0.493 e. The number of amides is 1. The maximum absolute atomic E-state index is 12.7. The van der Waals surface area contributed by atoms with Crippen molar-refractivity contribution in [3.05, 3.63) is 62.6 Å². The Kier molecular flexibility index (Phi) is 9.89. The van der Waals surface area contributed by atoms with Gasteiger partial charge in [0.25, 0.3) is 5.91 Å². The zero-order chi connectivity index (χ0) is 26.9. The maximum Gasteiger partial charge on any atom is 0.268 e. The number of halogens is 1. The second-order valence-corrected chi connectivity index (χ2v) is 10.1. The Bertz CT molecular complexity index is 1310. The van der Waals surface area contributed by atoms with Crippen molar-refractivity contribution in [1.82, 2.24) is 10.2 Å². The number of nitrogens with zero attached hydrogens (tertiary/aromatic N) is 3. The van der Waals surface area contributed by atoms with Crippen LogP contribution in [0.5, 0.6) is 17.2 Å². The second kappa shape index (κ2) is 13.1. The van der Waals surface area contributed by atoms with Gasteiger partial charge in [0.2, 0.25) is 5.13 Å². The topological polar surface area (TPSA) is 106 Å². The molecule has 3 rings (SSSR count). The summed E-state index contributed by atoms with van der Waals surface area (Å²) < 4.78 is 17.2. The van der Waals surface area contributed by atoms with Gasteiger partial charge in [-0.3, -0.25) is 10.1 Å². The van der Waals surface area contributed by atoms with Crippen LogP contribution in [-0.4, -0.2) is 36.4 Å². The summed E-state index contributed by atoms with van der Waals surface area (Å²) in [6.45, 7) is 8.69. The molecule has 0 saturated heterocycles. The molecule has 8 nitrogen and oxygen atoms in total. The van der Waals surface area contributed by atoms with Gasteiger partial charge >= 0.3 is 0 Å². The number of aryl methyl sites for hydroxylation is 2. The lowest BCUT2D eigenvalue weighted by Gasteiger charge is -2.15. The number of rotatable bonds is 11. The van der Waals surface area contributed by atoms with E-state index >= 15 is 0 Å². The Morgan fingerprint density at radius 2 is 1.84 bits per heavy atom. The van der Waals surface area contributed by atoms with Crippen LogP contribution in [0.2, 0.25) is 5.02 Å². The molecule has 0 unspecified atom stereocenters. The molecule has 0 spiro atoms. The zero-order valence-corrected chi connectivity index (χ0v) is 23.0. The van der Waals surface area contributed by atoms with Gasteiger partial charge in [0, 0.05) is 6.42 Å². The summed E-state index contributed by atoms with van der Waals surface area (Å²) in [5.41, 5.74) is 2.48. The number of hydrogen-bond acceptors (Lipinski definition) is 8. The lowest BCUT2D eigenvalue weighted by Crippen LogP contribution is -2.13. The number of methoxy groups -OCH3 is 1. The van der Waals surface area contributed by atoms with Crippen LogP contribution in [0.1, 0.15) is 35.5 Å². The van der Waals surface area contributed by atoms with Crippen molar-refractivity contribution in [2.24, 2.45) is 5.92 Å². The van der Waals surface area contributed by atoms with Gasteiger partial charge in [0.15, 0.2) is 11.5 Å². The Balaban J connectivity index is 1.68. The highest BCUT2D eigenvalue weighted by Gasteiger charge is 2.16. The van der Waals surface area contributed by atoms with Crippen molar-refractivity contribution < 1.29 is 19.0 Å². The van der Waals surface area contributed by atoms with E-state index in [2.05, 4.69) is 29.4 Å². The number of carbonyl (C=O) groups is 1. The summed E-state index contributed by atoms with van der Waals surface area (Å²) in [7, 11) is 1.49. The molecule has 194 valence electrons. The van der Waals surface area contributed by atoms with Gasteiger partial charge < -0.3 is 14.2 Å². The third kappa shape index (κ3) is 7.68. The molecule has 1 aromatic heterocycles. The number of carbonyl (C=O) groups excluding carboxylic acids is 1. The summed E-state index contributed by atoms with van der Waals surface area (Å²) >= 11 is 7.75. The van der Waals surface area contributed by atoms with Crippen molar-refractivity contribution in [2.75, 3.05) is 25.6 Å². The van der Waals surface area contributed by atoms with Gasteiger partial charge in [-0.25, -0.2) is 0 Å². The smallest absolute Gasteiger partial charge is 0.268 e. The van der Waals surface area contributed by atoms with E-state index in [0.717, 1.165) is 28.3 Å². The van der Waals surface area contributed by atoms with Crippen LogP contribution in [0.15, 0.2) is 35.9 Å². The van der Waals surface area contributed by atoms with E-state index in [1.807, 2.05) is 38.1 Å². The molecular formula is C27H29ClN4O4S. The third-order valence-electron chi connectivity index (χ3n) is 5.18. The SMILES string of the molecule is COc1cc(C=C(C#N)C(=O)Nc2nnc(CC(C)C)s2)cc(Cl)c1OCCOc1c(C)cccc1C. The number of nitriles is 1. The first-order chi connectivity index (χ1) is 17.7. The van der Waals surface area contributed by atoms with E-state index in [4.69, 9.17) is 25.8 Å². The minimum Gasteiger partial charge on any atom is -0.493 e. The Morgan fingerprint density at radius 1 is 1.16 bits per heavy atom. The van der Waals surface area contributed by atoms with Crippen LogP contribution in [0.3, 0.4) is 0 Å². The van der Waals surface area contributed by atoms with Crippen LogP contribution in [0.4, 0.5) is 5.13 Å². The molecule has 2 aromatic carbocycles. The molecule has 10 heteroatoms. The van der Waals surface area contributed by atoms with Crippen LogP contribution >= 0.6 is 22.9 Å². The lowest BCUT2D eigenvalue weighted by atomic mass is 10.1. The summed E-state index contributed by atoms with van der Waals surface area (Å²) in [6, 6.07) is 11.1. The molecule has 1 heterocycles. The number of aromatic nitrogens is 2. The van der Waals surface area contributed by atoms with Crippen LogP contribution in [-0.2, 0) is 11.2 Å². The molecule has 0 aliphatic rings. The highest BCUT2D eigenvalue weighted by Crippen LogP contribution is 2.37. The van der Waals surface area contributed by atoms with Crippen LogP contribution in [0, 0.1) is 31.1 Å². The molecule has 0 aliphatic heterocycles. The molecule has 0 fully saturated rings. The van der Waals surface area contributed by atoms with Gasteiger partial charge in [-0.05, 0) is 54.7 Å². The highest BCUT2D eigenvalue weighted by molar-refractivity contribution is 7.15. The first kappa shape index (κ1) is 28.0. The second-order valence-electron chi connectivity index (χ2n) is 8.67. The first-order valence-corrected chi connectivity index (χ1v) is 12.9. The van der Waals surface area contributed by atoms with Crippen LogP contribution in [0.25, 0.3) is 6.08 Å². The molecular weight excluding hydrogens is 512 g/mol. The number of nitrogens with one attached hydrogen (secondary N) is 1. The number of benzene rings is 2. The van der Waals surface area contributed by atoms with Gasteiger partial charge in [-0.1, -0.05) is 55.0 Å². The van der Waals surface area contributed by atoms with Crippen molar-refractivity contribution >= 4 is 40.1 Å². The monoisotopic (exact) mass is 540 g/mol. The third-order valence-corrected chi connectivity index (χ3v) is 6.32. The lowest BCUT2D eigenvalue weighted by molar-refractivity contribution is -0.112. The Labute approximate surface area is 225 Å². The van der Waals surface area contributed by atoms with E-state index in [-0.39, 0.29) is 17.2 Å². The van der Waals surface area contributed by atoms with Crippen LogP contribution < -0.4 is 19.5 Å². The fourth-order valence-corrected chi connectivity index (χ4v) is 4.71. The molecule has 0 radical (unpaired) electrons. The standard InChI is InChI=1S/C27H29ClN4O4S/c1-16(2)11-23-31-32-27(37-23)30-26(33)20(15-29)12-19-13-21(28)25(22(14-19)34-5)36-10-9-35-24-17(3)7-6-8-18(24)4/h6-8,12-14,16H,9-11H2,1-5H3,(H,30,32,33). The van der Waals surface area contributed by atoms with Gasteiger partial charge in [-0.2, -0.15) is 5.26 Å². The summed E-state index contributed by atoms with van der Waals surface area (Å²) in [5.74, 6) is 1.37. The molecule has 0 atom stereocenters. The fraction of sp³-hybridized carbons (Fsp3) is 0.333. The normalized spacial score (nSPS) is 11.2. The predicted octanol–water partition coefficient (Wildman–Crippen LogP) is 6.02. The van der Waals surface area contributed by atoms with Crippen molar-refractivity contribution in [1.29, 1.82) is 5.26 Å². The van der Waals surface area contributed by atoms with E-state index in [9.17, 15) is 10.1 Å². The zero-order valence-electron chi connectivity index (χ0n) is 21.4. The number of hydrogen-bond donors (Lipinski definition) is 1. The molecule has 0 saturated carbocycles. The van der Waals surface area contributed by atoms with Gasteiger partial charge in [0.1, 0.15) is 35.6 Å². The first-order valence-electron chi connectivity index (χ1n) is 11.7. The van der Waals surface area contributed by atoms with Crippen molar-refractivity contribution in [3.63, 3.8) is 0 Å². The quantitative estimate of drug-likeness (QED) is 0.180. The van der Waals surface area contributed by atoms with Gasteiger partial charge in [0.05, 0.1) is 12.1 Å². The molecule has 0 bridgehead atoms. The van der Waals surface area contributed by atoms with Crippen molar-refractivity contribution in [3.8, 4) is 23.3 Å². The van der Waals surface area contributed by atoms with E-state index < -0.39 is 5.91 Å². The van der Waals surface area contributed by atoms with Crippen molar-refractivity contribution in [2.45, 2.75) is 34.1 Å². The minimum atomic E-state index is -0.589. The fourth-order valence-electron chi connectivity index (χ4n) is 3.49. The predicted molar refractivity (Wildman–Crippen MR) is 146 cm³/mol. The average Bonchev–Trinajstić information content (AvgIpc) is 3.28. The molecule has 1 N–H and O–H groups in total. The minimum absolute atomic E-state index is 0.116. The summed E-state index contributed by atoms with van der Waals surface area (Å²) in [4.78, 5) is 12.7. The molecule has 37 heavy (non-hydrogen) atoms. The van der Waals surface area contributed by atoms with Gasteiger partial charge in [-0.15, -0.1) is 10.2 Å². The highest BCUT2D eigenvalue weighted by atomic mass is 35.5. The molecule has 0 aliphatic carbocycles. The molecule has 3 aromatic rings. The number of ether oxygens (including phenoxy) is 3. The summed E-state index contributed by atoms with van der Waals surface area (Å²) in [5, 5.41) is 21.7. The molecule has 1 amide bonds. The van der Waals surface area contributed by atoms with E-state index in [1.165, 1.54) is 24.5 Å². The van der Waals surface area contributed by atoms with E-state index in [0.29, 0.717) is 34.7 Å². The number of anilines is 1. The Hall–Kier alpha value is -3.61. The summed E-state index contributed by atoms with van der Waals surface area (Å²) in [6.07, 6.45) is 2.19.